The minimum absolute atomic E-state index is 0.0163. The molecule has 3 aromatic carbocycles. The minimum atomic E-state index is -0.753. The third-order valence-corrected chi connectivity index (χ3v) is 7.76. The molecule has 196 valence electrons. The summed E-state index contributed by atoms with van der Waals surface area (Å²) < 4.78 is 32.2. The average molecular weight is 514 g/mol. The molecule has 1 aliphatic carbocycles. The Morgan fingerprint density at radius 2 is 1.55 bits per heavy atom. The number of benzene rings is 3. The zero-order valence-corrected chi connectivity index (χ0v) is 22.1. The maximum atomic E-state index is 14.1. The van der Waals surface area contributed by atoms with E-state index >= 15 is 0 Å². The summed E-state index contributed by atoms with van der Waals surface area (Å²) >= 11 is 0. The summed E-state index contributed by atoms with van der Waals surface area (Å²) in [6.07, 6.45) is 1.13. The highest BCUT2D eigenvalue weighted by molar-refractivity contribution is 6.56. The lowest BCUT2D eigenvalue weighted by Crippen LogP contribution is -2.41. The van der Waals surface area contributed by atoms with Gasteiger partial charge in [-0.15, -0.1) is 0 Å². The van der Waals surface area contributed by atoms with E-state index < -0.39 is 30.2 Å². The van der Waals surface area contributed by atoms with Crippen molar-refractivity contribution in [1.82, 2.24) is 5.32 Å². The second-order valence-electron chi connectivity index (χ2n) is 10.7. The molecule has 5 rings (SSSR count). The number of alkyl carbamates (subject to hydrolysis) is 1. The SMILES string of the molecule is CC1(C)OB(C(=Cc2cccc(F)c2N)CNC(=O)OCC2c3ccccc3-c3ccccc32)OC1(C)C. The summed E-state index contributed by atoms with van der Waals surface area (Å²) in [6.45, 7) is 8.05. The van der Waals surface area contributed by atoms with Gasteiger partial charge in [0.2, 0.25) is 0 Å². The van der Waals surface area contributed by atoms with Crippen molar-refractivity contribution in [3.05, 3.63) is 94.7 Å². The molecule has 3 N–H and O–H groups in total. The molecule has 1 fully saturated rings. The number of anilines is 1. The normalized spacial score (nSPS) is 17.7. The summed E-state index contributed by atoms with van der Waals surface area (Å²) in [5, 5.41) is 2.82. The summed E-state index contributed by atoms with van der Waals surface area (Å²) in [7, 11) is -0.753. The number of fused-ring (bicyclic) bond motifs is 3. The van der Waals surface area contributed by atoms with Crippen LogP contribution >= 0.6 is 0 Å². The number of nitrogens with one attached hydrogen (secondary N) is 1. The van der Waals surface area contributed by atoms with Gasteiger partial charge in [-0.25, -0.2) is 9.18 Å². The maximum Gasteiger partial charge on any atom is 0.492 e. The van der Waals surface area contributed by atoms with Gasteiger partial charge in [-0.1, -0.05) is 66.7 Å². The Balaban J connectivity index is 1.31. The van der Waals surface area contributed by atoms with Crippen molar-refractivity contribution in [1.29, 1.82) is 0 Å². The van der Waals surface area contributed by atoms with Gasteiger partial charge in [0.05, 0.1) is 16.9 Å². The van der Waals surface area contributed by atoms with Crippen LogP contribution in [0.15, 0.2) is 72.2 Å². The van der Waals surface area contributed by atoms with Crippen LogP contribution in [0.1, 0.15) is 50.3 Å². The van der Waals surface area contributed by atoms with E-state index in [-0.39, 0.29) is 24.8 Å². The quantitative estimate of drug-likeness (QED) is 0.313. The Kier molecular flexibility index (Phi) is 6.80. The molecule has 6 nitrogen and oxygen atoms in total. The zero-order valence-electron chi connectivity index (χ0n) is 22.1. The number of halogens is 1. The minimum Gasteiger partial charge on any atom is -0.449 e. The number of amides is 1. The highest BCUT2D eigenvalue weighted by Crippen LogP contribution is 2.44. The molecular formula is C30H32BFN2O4. The smallest absolute Gasteiger partial charge is 0.449 e. The number of hydrogen-bond donors (Lipinski definition) is 2. The third kappa shape index (κ3) is 4.82. The van der Waals surface area contributed by atoms with Crippen molar-refractivity contribution >= 4 is 25.0 Å². The standard InChI is InChI=1S/C30H32BFN2O4/c1-29(2)30(3,4)38-31(37-29)20(16-19-10-9-15-26(32)27(19)33)17-34-28(35)36-18-25-23-13-7-5-11-21(23)22-12-6-8-14-24(22)25/h5-16,25H,17-18,33H2,1-4H3,(H,34,35). The van der Waals surface area contributed by atoms with Crippen LogP contribution in [0.4, 0.5) is 14.9 Å². The molecule has 1 saturated heterocycles. The predicted octanol–water partition coefficient (Wildman–Crippen LogP) is 5.96. The highest BCUT2D eigenvalue weighted by atomic mass is 19.1. The van der Waals surface area contributed by atoms with E-state index in [1.54, 1.807) is 18.2 Å². The molecule has 1 aliphatic heterocycles. The number of ether oxygens (including phenoxy) is 1. The number of hydrogen-bond acceptors (Lipinski definition) is 5. The Hall–Kier alpha value is -3.62. The number of para-hydroxylation sites is 1. The lowest BCUT2D eigenvalue weighted by molar-refractivity contribution is 0.00578. The molecule has 0 spiro atoms. The van der Waals surface area contributed by atoms with Gasteiger partial charge in [0, 0.05) is 12.5 Å². The van der Waals surface area contributed by atoms with Crippen molar-refractivity contribution in [2.45, 2.75) is 44.8 Å². The van der Waals surface area contributed by atoms with Crippen LogP contribution in [0.25, 0.3) is 17.2 Å². The maximum absolute atomic E-state index is 14.1. The largest absolute Gasteiger partial charge is 0.492 e. The van der Waals surface area contributed by atoms with E-state index in [2.05, 4.69) is 29.6 Å². The first-order valence-corrected chi connectivity index (χ1v) is 12.8. The molecule has 8 heteroatoms. The number of carbonyl (C=O) groups excluding carboxylic acids is 1. The molecular weight excluding hydrogens is 482 g/mol. The molecule has 0 bridgehead atoms. The molecule has 0 atom stereocenters. The van der Waals surface area contributed by atoms with Crippen LogP contribution in [0.3, 0.4) is 0 Å². The predicted molar refractivity (Wildman–Crippen MR) is 148 cm³/mol. The van der Waals surface area contributed by atoms with Crippen LogP contribution < -0.4 is 11.1 Å². The lowest BCUT2D eigenvalue weighted by atomic mass is 9.77. The fourth-order valence-corrected chi connectivity index (χ4v) is 4.90. The third-order valence-electron chi connectivity index (χ3n) is 7.76. The van der Waals surface area contributed by atoms with E-state index in [4.69, 9.17) is 19.8 Å². The van der Waals surface area contributed by atoms with Crippen LogP contribution in [-0.2, 0) is 14.0 Å². The number of nitrogens with two attached hydrogens (primary N) is 1. The molecule has 1 heterocycles. The van der Waals surface area contributed by atoms with Gasteiger partial charge in [0.15, 0.2) is 0 Å². The van der Waals surface area contributed by atoms with Gasteiger partial charge in [-0.3, -0.25) is 0 Å². The number of carbonyl (C=O) groups is 1. The van der Waals surface area contributed by atoms with Crippen LogP contribution in [0.2, 0.25) is 0 Å². The van der Waals surface area contributed by atoms with Gasteiger partial charge in [-0.2, -0.15) is 0 Å². The lowest BCUT2D eigenvalue weighted by Gasteiger charge is -2.32. The Labute approximate surface area is 223 Å². The van der Waals surface area contributed by atoms with Crippen molar-refractivity contribution < 1.29 is 23.2 Å². The second-order valence-corrected chi connectivity index (χ2v) is 10.7. The zero-order chi connectivity index (χ0) is 27.1. The molecule has 0 saturated carbocycles. The van der Waals surface area contributed by atoms with Crippen molar-refractivity contribution in [2.75, 3.05) is 18.9 Å². The van der Waals surface area contributed by atoms with E-state index in [0.717, 1.165) is 22.3 Å². The average Bonchev–Trinajstić information content (AvgIpc) is 3.32. The summed E-state index contributed by atoms with van der Waals surface area (Å²) in [4.78, 5) is 12.8. The van der Waals surface area contributed by atoms with Gasteiger partial charge >= 0.3 is 13.2 Å². The molecule has 2 aliphatic rings. The first-order chi connectivity index (χ1) is 18.1. The van der Waals surface area contributed by atoms with Crippen LogP contribution in [0, 0.1) is 5.82 Å². The number of nitrogen functional groups attached to an aromatic ring is 1. The Morgan fingerprint density at radius 3 is 2.16 bits per heavy atom. The van der Waals surface area contributed by atoms with E-state index in [0.29, 0.717) is 11.0 Å². The fraction of sp³-hybridized carbons (Fsp3) is 0.300. The van der Waals surface area contributed by atoms with Gasteiger partial charge in [-0.05, 0) is 67.1 Å². The topological polar surface area (TPSA) is 82.8 Å². The molecule has 0 radical (unpaired) electrons. The molecule has 0 aromatic heterocycles. The van der Waals surface area contributed by atoms with E-state index in [9.17, 15) is 9.18 Å². The molecule has 1 amide bonds. The first-order valence-electron chi connectivity index (χ1n) is 12.8. The number of rotatable bonds is 6. The van der Waals surface area contributed by atoms with E-state index in [1.807, 2.05) is 52.0 Å². The molecule has 38 heavy (non-hydrogen) atoms. The Morgan fingerprint density at radius 1 is 0.974 bits per heavy atom. The van der Waals surface area contributed by atoms with Gasteiger partial charge < -0.3 is 25.1 Å². The molecule has 0 unspecified atom stereocenters. The summed E-state index contributed by atoms with van der Waals surface area (Å²) in [5.41, 5.74) is 10.5. The first kappa shape index (κ1) is 26.0. The highest BCUT2D eigenvalue weighted by Gasteiger charge is 2.52. The Bertz CT molecular complexity index is 1340. The van der Waals surface area contributed by atoms with Crippen molar-refractivity contribution in [2.24, 2.45) is 0 Å². The van der Waals surface area contributed by atoms with Gasteiger partial charge in [0.1, 0.15) is 12.4 Å². The monoisotopic (exact) mass is 514 g/mol. The van der Waals surface area contributed by atoms with Crippen LogP contribution in [0.5, 0.6) is 0 Å². The van der Waals surface area contributed by atoms with Crippen molar-refractivity contribution in [3.63, 3.8) is 0 Å². The summed E-state index contributed by atoms with van der Waals surface area (Å²) in [5.74, 6) is -0.560. The molecule has 3 aromatic rings. The van der Waals surface area contributed by atoms with E-state index in [1.165, 1.54) is 6.07 Å². The summed E-state index contributed by atoms with van der Waals surface area (Å²) in [6, 6.07) is 20.9. The second kappa shape index (κ2) is 9.93. The van der Waals surface area contributed by atoms with Crippen molar-refractivity contribution in [3.8, 4) is 11.1 Å². The van der Waals surface area contributed by atoms with Crippen LogP contribution in [-0.4, -0.2) is 37.6 Å². The fourth-order valence-electron chi connectivity index (χ4n) is 4.90. The van der Waals surface area contributed by atoms with Gasteiger partial charge in [0.25, 0.3) is 0 Å².